The number of nitrogens with zero attached hydrogens (tertiary/aromatic N) is 3. The number of nitrogens with one attached hydrogen (secondary N) is 1. The number of benzene rings is 2. The average molecular weight is 589 g/mol. The monoisotopic (exact) mass is 588 g/mol. The van der Waals surface area contributed by atoms with Gasteiger partial charge in [0.2, 0.25) is 11.8 Å². The topological polar surface area (TPSA) is 110 Å². The van der Waals surface area contributed by atoms with Crippen LogP contribution in [-0.2, 0) is 27.2 Å². The molecule has 0 bridgehead atoms. The molecule has 0 atom stereocenters. The summed E-state index contributed by atoms with van der Waals surface area (Å²) in [5.41, 5.74) is 1.87. The summed E-state index contributed by atoms with van der Waals surface area (Å²) in [5.74, 6) is 0.396. The van der Waals surface area contributed by atoms with Gasteiger partial charge in [0.15, 0.2) is 16.6 Å². The summed E-state index contributed by atoms with van der Waals surface area (Å²) >= 11 is 7.39. The van der Waals surface area contributed by atoms with Crippen LogP contribution in [0.4, 0.5) is 5.13 Å². The van der Waals surface area contributed by atoms with Gasteiger partial charge in [0.25, 0.3) is 5.91 Å². The van der Waals surface area contributed by atoms with E-state index in [1.165, 1.54) is 23.3 Å². The Morgan fingerprint density at radius 3 is 2.48 bits per heavy atom. The molecular formula is C28H33ClN4O6S. The van der Waals surface area contributed by atoms with Crippen molar-refractivity contribution in [3.63, 3.8) is 0 Å². The van der Waals surface area contributed by atoms with Gasteiger partial charge < -0.3 is 29.3 Å². The maximum absolute atomic E-state index is 13.0. The minimum Gasteiger partial charge on any atom is -0.493 e. The molecule has 1 aromatic heterocycles. The highest BCUT2D eigenvalue weighted by molar-refractivity contribution is 7.13. The molecule has 0 unspecified atom stereocenters. The van der Waals surface area contributed by atoms with Crippen LogP contribution >= 0.6 is 22.9 Å². The number of likely N-dealkylation sites (N-methyl/N-ethyl adjacent to an activating group) is 1. The third-order valence-corrected chi connectivity index (χ3v) is 7.17. The predicted molar refractivity (Wildman–Crippen MR) is 155 cm³/mol. The van der Waals surface area contributed by atoms with Crippen molar-refractivity contribution in [2.75, 3.05) is 59.9 Å². The number of ether oxygens (including phenoxy) is 3. The molecular weight excluding hydrogens is 556 g/mol. The zero-order valence-corrected chi connectivity index (χ0v) is 24.5. The molecule has 0 fully saturated rings. The number of carbonyl (C=O) groups excluding carboxylic acids is 3. The molecule has 0 aliphatic carbocycles. The van der Waals surface area contributed by atoms with Crippen LogP contribution in [0.2, 0.25) is 5.02 Å². The molecule has 3 aromatic rings. The fourth-order valence-corrected chi connectivity index (χ4v) is 4.73. The van der Waals surface area contributed by atoms with Crippen molar-refractivity contribution in [3.05, 3.63) is 69.7 Å². The maximum Gasteiger partial charge on any atom is 0.255 e. The average Bonchev–Trinajstić information content (AvgIpc) is 3.39. The van der Waals surface area contributed by atoms with E-state index >= 15 is 0 Å². The zero-order chi connectivity index (χ0) is 29.1. The normalized spacial score (nSPS) is 10.6. The molecule has 12 heteroatoms. The molecule has 0 spiro atoms. The minimum atomic E-state index is -0.421. The molecule has 0 saturated carbocycles. The number of carbonyl (C=O) groups is 3. The van der Waals surface area contributed by atoms with E-state index in [-0.39, 0.29) is 37.9 Å². The van der Waals surface area contributed by atoms with E-state index in [4.69, 9.17) is 25.8 Å². The van der Waals surface area contributed by atoms with Crippen LogP contribution in [0.25, 0.3) is 0 Å². The van der Waals surface area contributed by atoms with Crippen LogP contribution in [0.3, 0.4) is 0 Å². The number of hydrogen-bond acceptors (Lipinski definition) is 8. The highest BCUT2D eigenvalue weighted by atomic mass is 35.5. The van der Waals surface area contributed by atoms with E-state index in [1.54, 1.807) is 55.8 Å². The first kappa shape index (κ1) is 30.9. The Bertz CT molecular complexity index is 1320. The number of halogens is 1. The minimum absolute atomic E-state index is 0.0970. The lowest BCUT2D eigenvalue weighted by atomic mass is 10.1. The van der Waals surface area contributed by atoms with Crippen LogP contribution in [-0.4, -0.2) is 87.1 Å². The Hall–Kier alpha value is -3.67. The molecule has 0 aliphatic heterocycles. The highest BCUT2D eigenvalue weighted by Gasteiger charge is 2.21. The SMILES string of the molecule is COCCN(CC(=O)Nc1nc(CC(=O)N(C)CCc2ccc(OC)c(OC)c2)cs1)C(=O)c1ccccc1Cl. The van der Waals surface area contributed by atoms with Gasteiger partial charge in [0.1, 0.15) is 6.54 Å². The summed E-state index contributed by atoms with van der Waals surface area (Å²) < 4.78 is 15.7. The number of hydrogen-bond donors (Lipinski definition) is 1. The van der Waals surface area contributed by atoms with E-state index in [0.29, 0.717) is 45.9 Å². The van der Waals surface area contributed by atoms with Crippen molar-refractivity contribution in [2.45, 2.75) is 12.8 Å². The summed E-state index contributed by atoms with van der Waals surface area (Å²) in [7, 11) is 6.42. The van der Waals surface area contributed by atoms with Crippen LogP contribution in [0.5, 0.6) is 11.5 Å². The van der Waals surface area contributed by atoms with Crippen molar-refractivity contribution in [3.8, 4) is 11.5 Å². The summed E-state index contributed by atoms with van der Waals surface area (Å²) in [6.45, 7) is 0.771. The summed E-state index contributed by atoms with van der Waals surface area (Å²) in [6, 6.07) is 12.3. The summed E-state index contributed by atoms with van der Waals surface area (Å²) in [4.78, 5) is 45.9. The van der Waals surface area contributed by atoms with Crippen molar-refractivity contribution < 1.29 is 28.6 Å². The standard InChI is InChI=1S/C28H33ClN4O6S/c1-32(12-11-19-9-10-23(38-3)24(15-19)39-4)26(35)16-20-18-40-28(30-20)31-25(34)17-33(13-14-37-2)27(36)21-7-5-6-8-22(21)29/h5-10,15,18H,11-14,16-17H2,1-4H3,(H,30,31,34). The van der Waals surface area contributed by atoms with Gasteiger partial charge in [-0.1, -0.05) is 29.8 Å². The van der Waals surface area contributed by atoms with Crippen molar-refractivity contribution in [1.29, 1.82) is 0 Å². The second-order valence-corrected chi connectivity index (χ2v) is 10.1. The number of methoxy groups -OCH3 is 3. The van der Waals surface area contributed by atoms with Crippen molar-refractivity contribution in [2.24, 2.45) is 0 Å². The molecule has 2 aromatic carbocycles. The molecule has 3 amide bonds. The second kappa shape index (κ2) is 15.2. The van der Waals surface area contributed by atoms with Gasteiger partial charge in [-0.25, -0.2) is 4.98 Å². The third kappa shape index (κ3) is 8.67. The maximum atomic E-state index is 13.0. The van der Waals surface area contributed by atoms with Crippen molar-refractivity contribution in [1.82, 2.24) is 14.8 Å². The Kier molecular flexibility index (Phi) is 11.7. The van der Waals surface area contributed by atoms with Gasteiger partial charge in [-0.15, -0.1) is 11.3 Å². The lowest BCUT2D eigenvalue weighted by molar-refractivity contribution is -0.129. The van der Waals surface area contributed by atoms with Gasteiger partial charge in [-0.3, -0.25) is 14.4 Å². The van der Waals surface area contributed by atoms with E-state index in [2.05, 4.69) is 10.3 Å². The molecule has 40 heavy (non-hydrogen) atoms. The van der Waals surface area contributed by atoms with E-state index in [1.807, 2.05) is 18.2 Å². The lowest BCUT2D eigenvalue weighted by Gasteiger charge is -2.22. The fourth-order valence-electron chi connectivity index (χ4n) is 3.78. The molecule has 0 radical (unpaired) electrons. The van der Waals surface area contributed by atoms with E-state index in [0.717, 1.165) is 5.56 Å². The second-order valence-electron chi connectivity index (χ2n) is 8.82. The molecule has 10 nitrogen and oxygen atoms in total. The lowest BCUT2D eigenvalue weighted by Crippen LogP contribution is -2.40. The number of rotatable bonds is 14. The molecule has 1 heterocycles. The van der Waals surface area contributed by atoms with Crippen LogP contribution in [0, 0.1) is 0 Å². The van der Waals surface area contributed by atoms with Crippen LogP contribution in [0.1, 0.15) is 21.6 Å². The van der Waals surface area contributed by atoms with E-state index in [9.17, 15) is 14.4 Å². The number of anilines is 1. The van der Waals surface area contributed by atoms with E-state index < -0.39 is 5.91 Å². The smallest absolute Gasteiger partial charge is 0.255 e. The zero-order valence-electron chi connectivity index (χ0n) is 22.9. The quantitative estimate of drug-likeness (QED) is 0.305. The van der Waals surface area contributed by atoms with Gasteiger partial charge in [-0.05, 0) is 36.2 Å². The molecule has 3 rings (SSSR count). The van der Waals surface area contributed by atoms with Gasteiger partial charge in [-0.2, -0.15) is 0 Å². The third-order valence-electron chi connectivity index (χ3n) is 6.03. The first-order chi connectivity index (χ1) is 19.2. The fraction of sp³-hybridized carbons (Fsp3) is 0.357. The predicted octanol–water partition coefficient (Wildman–Crippen LogP) is 3.78. The van der Waals surface area contributed by atoms with Gasteiger partial charge >= 0.3 is 0 Å². The largest absolute Gasteiger partial charge is 0.493 e. The first-order valence-electron chi connectivity index (χ1n) is 12.5. The molecule has 0 aliphatic rings. The van der Waals surface area contributed by atoms with Crippen LogP contribution < -0.4 is 14.8 Å². The summed E-state index contributed by atoms with van der Waals surface area (Å²) in [5, 5.41) is 5.09. The highest BCUT2D eigenvalue weighted by Crippen LogP contribution is 2.27. The van der Waals surface area contributed by atoms with Gasteiger partial charge in [0.05, 0.1) is 43.5 Å². The molecule has 1 N–H and O–H groups in total. The number of thiazole rings is 1. The first-order valence-corrected chi connectivity index (χ1v) is 13.7. The Labute approximate surface area is 242 Å². The number of amides is 3. The summed E-state index contributed by atoms with van der Waals surface area (Å²) in [6.07, 6.45) is 0.743. The number of aromatic nitrogens is 1. The van der Waals surface area contributed by atoms with Crippen LogP contribution in [0.15, 0.2) is 47.8 Å². The van der Waals surface area contributed by atoms with Crippen molar-refractivity contribution >= 4 is 45.8 Å². The van der Waals surface area contributed by atoms with Gasteiger partial charge in [0, 0.05) is 32.6 Å². The Balaban J connectivity index is 1.53. The Morgan fingerprint density at radius 2 is 1.77 bits per heavy atom. The molecule has 214 valence electrons. The molecule has 0 saturated heterocycles. The Morgan fingerprint density at radius 1 is 1.02 bits per heavy atom.